The van der Waals surface area contributed by atoms with E-state index in [1.165, 1.54) is 10.4 Å². The third-order valence-electron chi connectivity index (χ3n) is 4.15. The molecule has 2 heterocycles. The third kappa shape index (κ3) is 3.64. The molecule has 2 aromatic heterocycles. The number of fused-ring (bicyclic) bond motifs is 1. The molecule has 0 saturated carbocycles. The maximum Gasteiger partial charge on any atom is 0.251 e. The summed E-state index contributed by atoms with van der Waals surface area (Å²) in [6.07, 6.45) is 0. The Labute approximate surface area is 151 Å². The van der Waals surface area contributed by atoms with Crippen molar-refractivity contribution in [3.05, 3.63) is 51.7 Å². The number of carbonyl (C=O) groups is 1. The van der Waals surface area contributed by atoms with E-state index in [0.717, 1.165) is 27.4 Å². The molecule has 0 bridgehead atoms. The summed E-state index contributed by atoms with van der Waals surface area (Å²) in [5, 5.41) is 7.34. The van der Waals surface area contributed by atoms with Crippen LogP contribution in [0.2, 0.25) is 0 Å². The molecule has 130 valence electrons. The Balaban J connectivity index is 1.80. The fraction of sp³-hybridized carbons (Fsp3) is 0.316. The molecule has 2 N–H and O–H groups in total. The highest BCUT2D eigenvalue weighted by Gasteiger charge is 2.13. The van der Waals surface area contributed by atoms with Crippen LogP contribution < -0.4 is 10.6 Å². The summed E-state index contributed by atoms with van der Waals surface area (Å²) in [5.41, 5.74) is 3.01. The Morgan fingerprint density at radius 2 is 1.84 bits per heavy atom. The van der Waals surface area contributed by atoms with Gasteiger partial charge in [-0.2, -0.15) is 0 Å². The van der Waals surface area contributed by atoms with Crippen LogP contribution in [-0.2, 0) is 6.54 Å². The lowest BCUT2D eigenvalue weighted by molar-refractivity contribution is 0.0956. The standard InChI is InChI=1S/C19H22N4OS/c1-5-20-18(24)15-8-6-14(7-9-15)10-21-17-16-11(2)12(3)25-19(16)23-13(4)22-17/h6-9H,5,10H2,1-4H3,(H,20,24)(H,21,22,23). The Bertz CT molecular complexity index is 915. The van der Waals surface area contributed by atoms with Gasteiger partial charge in [0, 0.05) is 23.5 Å². The van der Waals surface area contributed by atoms with E-state index in [1.807, 2.05) is 38.1 Å². The van der Waals surface area contributed by atoms with Crippen LogP contribution in [0.4, 0.5) is 5.82 Å². The molecule has 0 unspecified atom stereocenters. The lowest BCUT2D eigenvalue weighted by Gasteiger charge is -2.09. The average Bonchev–Trinajstić information content (AvgIpc) is 2.87. The summed E-state index contributed by atoms with van der Waals surface area (Å²) in [6, 6.07) is 7.63. The molecule has 0 fully saturated rings. The maximum absolute atomic E-state index is 11.8. The molecule has 1 aromatic carbocycles. The monoisotopic (exact) mass is 354 g/mol. The number of nitrogens with zero attached hydrogens (tertiary/aromatic N) is 2. The number of aryl methyl sites for hydroxylation is 3. The topological polar surface area (TPSA) is 66.9 Å². The first kappa shape index (κ1) is 17.4. The molecule has 5 nitrogen and oxygen atoms in total. The molecule has 1 amide bonds. The first-order valence-electron chi connectivity index (χ1n) is 8.35. The van der Waals surface area contributed by atoms with Gasteiger partial charge in [0.2, 0.25) is 0 Å². The van der Waals surface area contributed by atoms with Crippen LogP contribution in [0.3, 0.4) is 0 Å². The van der Waals surface area contributed by atoms with Crippen molar-refractivity contribution < 1.29 is 4.79 Å². The van der Waals surface area contributed by atoms with E-state index < -0.39 is 0 Å². The minimum Gasteiger partial charge on any atom is -0.365 e. The number of hydrogen-bond donors (Lipinski definition) is 2. The summed E-state index contributed by atoms with van der Waals surface area (Å²) in [4.78, 5) is 23.2. The van der Waals surface area contributed by atoms with Crippen LogP contribution in [0.15, 0.2) is 24.3 Å². The second-order valence-electron chi connectivity index (χ2n) is 5.99. The molecule has 0 atom stereocenters. The van der Waals surface area contributed by atoms with Crippen molar-refractivity contribution in [2.45, 2.75) is 34.2 Å². The first-order valence-corrected chi connectivity index (χ1v) is 9.16. The van der Waals surface area contributed by atoms with Gasteiger partial charge in [-0.15, -0.1) is 11.3 Å². The SMILES string of the molecule is CCNC(=O)c1ccc(CNc2nc(C)nc3sc(C)c(C)c23)cc1. The molecule has 0 aliphatic rings. The molecule has 0 saturated heterocycles. The summed E-state index contributed by atoms with van der Waals surface area (Å²) in [7, 11) is 0. The number of amides is 1. The van der Waals surface area contributed by atoms with Gasteiger partial charge in [0.25, 0.3) is 5.91 Å². The van der Waals surface area contributed by atoms with Gasteiger partial charge in [-0.25, -0.2) is 9.97 Å². The third-order valence-corrected chi connectivity index (χ3v) is 5.26. The number of nitrogens with one attached hydrogen (secondary N) is 2. The van der Waals surface area contributed by atoms with Crippen LogP contribution >= 0.6 is 11.3 Å². The molecular weight excluding hydrogens is 332 g/mol. The summed E-state index contributed by atoms with van der Waals surface area (Å²) in [5.74, 6) is 1.60. The number of anilines is 1. The van der Waals surface area contributed by atoms with Gasteiger partial charge in [-0.1, -0.05) is 12.1 Å². The smallest absolute Gasteiger partial charge is 0.251 e. The van der Waals surface area contributed by atoms with E-state index in [2.05, 4.69) is 34.4 Å². The molecule has 3 aromatic rings. The molecule has 25 heavy (non-hydrogen) atoms. The predicted molar refractivity (Wildman–Crippen MR) is 103 cm³/mol. The minimum absolute atomic E-state index is 0.0421. The second-order valence-corrected chi connectivity index (χ2v) is 7.20. The Hall–Kier alpha value is -2.47. The van der Waals surface area contributed by atoms with E-state index >= 15 is 0 Å². The van der Waals surface area contributed by atoms with Gasteiger partial charge in [-0.3, -0.25) is 4.79 Å². The van der Waals surface area contributed by atoms with E-state index in [1.54, 1.807) is 11.3 Å². The normalized spacial score (nSPS) is 10.9. The summed E-state index contributed by atoms with van der Waals surface area (Å²) < 4.78 is 0. The van der Waals surface area contributed by atoms with Gasteiger partial charge in [0.1, 0.15) is 16.5 Å². The van der Waals surface area contributed by atoms with Crippen molar-refractivity contribution in [1.82, 2.24) is 15.3 Å². The van der Waals surface area contributed by atoms with Crippen molar-refractivity contribution in [3.63, 3.8) is 0 Å². The number of thiophene rings is 1. The number of aromatic nitrogens is 2. The van der Waals surface area contributed by atoms with Crippen LogP contribution in [0.5, 0.6) is 0 Å². The molecule has 3 rings (SSSR count). The lowest BCUT2D eigenvalue weighted by Crippen LogP contribution is -2.22. The van der Waals surface area contributed by atoms with E-state index in [9.17, 15) is 4.79 Å². The Morgan fingerprint density at radius 3 is 2.52 bits per heavy atom. The molecule has 0 radical (unpaired) electrons. The Morgan fingerprint density at radius 1 is 1.12 bits per heavy atom. The van der Waals surface area contributed by atoms with Crippen molar-refractivity contribution >= 4 is 33.3 Å². The highest BCUT2D eigenvalue weighted by atomic mass is 32.1. The van der Waals surface area contributed by atoms with Crippen molar-refractivity contribution in [2.75, 3.05) is 11.9 Å². The summed E-state index contributed by atoms with van der Waals surface area (Å²) >= 11 is 1.70. The van der Waals surface area contributed by atoms with Crippen LogP contribution in [0.25, 0.3) is 10.2 Å². The van der Waals surface area contributed by atoms with Gasteiger partial charge in [0.05, 0.1) is 5.39 Å². The molecular formula is C19H22N4OS. The average molecular weight is 354 g/mol. The van der Waals surface area contributed by atoms with Gasteiger partial charge >= 0.3 is 0 Å². The fourth-order valence-corrected chi connectivity index (χ4v) is 3.78. The Kier molecular flexibility index (Phi) is 4.99. The van der Waals surface area contributed by atoms with Crippen LogP contribution in [0, 0.1) is 20.8 Å². The van der Waals surface area contributed by atoms with Crippen molar-refractivity contribution in [1.29, 1.82) is 0 Å². The molecule has 6 heteroatoms. The number of carbonyl (C=O) groups excluding carboxylic acids is 1. The zero-order valence-corrected chi connectivity index (χ0v) is 15.8. The van der Waals surface area contributed by atoms with Gasteiger partial charge < -0.3 is 10.6 Å². The number of rotatable bonds is 5. The van der Waals surface area contributed by atoms with Gasteiger partial charge in [0.15, 0.2) is 0 Å². The lowest BCUT2D eigenvalue weighted by atomic mass is 10.1. The van der Waals surface area contributed by atoms with Crippen molar-refractivity contribution in [2.24, 2.45) is 0 Å². The fourth-order valence-electron chi connectivity index (χ4n) is 2.71. The van der Waals surface area contributed by atoms with Crippen LogP contribution in [-0.4, -0.2) is 22.4 Å². The van der Waals surface area contributed by atoms with Crippen molar-refractivity contribution in [3.8, 4) is 0 Å². The van der Waals surface area contributed by atoms with E-state index in [4.69, 9.17) is 0 Å². The van der Waals surface area contributed by atoms with Crippen LogP contribution in [0.1, 0.15) is 39.1 Å². The highest BCUT2D eigenvalue weighted by molar-refractivity contribution is 7.18. The highest BCUT2D eigenvalue weighted by Crippen LogP contribution is 2.33. The van der Waals surface area contributed by atoms with E-state index in [0.29, 0.717) is 18.7 Å². The summed E-state index contributed by atoms with van der Waals surface area (Å²) in [6.45, 7) is 9.32. The number of hydrogen-bond acceptors (Lipinski definition) is 5. The quantitative estimate of drug-likeness (QED) is 0.727. The molecule has 0 spiro atoms. The maximum atomic E-state index is 11.8. The second kappa shape index (κ2) is 7.19. The molecule has 0 aliphatic heterocycles. The molecule has 0 aliphatic carbocycles. The largest absolute Gasteiger partial charge is 0.365 e. The number of benzene rings is 1. The minimum atomic E-state index is -0.0421. The van der Waals surface area contributed by atoms with E-state index in [-0.39, 0.29) is 5.91 Å². The first-order chi connectivity index (χ1) is 12.0. The predicted octanol–water partition coefficient (Wildman–Crippen LogP) is 3.98. The zero-order chi connectivity index (χ0) is 18.0. The zero-order valence-electron chi connectivity index (χ0n) is 14.9. The van der Waals surface area contributed by atoms with Gasteiger partial charge in [-0.05, 0) is 51.0 Å².